The maximum absolute atomic E-state index is 11.9. The summed E-state index contributed by atoms with van der Waals surface area (Å²) >= 11 is 1.73. The first kappa shape index (κ1) is 41.6. The normalized spacial score (nSPS) is 11.2. The molecule has 0 atom stereocenters. The molecule has 0 fully saturated rings. The molecule has 42 heavy (non-hydrogen) atoms. The molecular weight excluding hydrogens is 561 g/mol. The molecule has 6 heteroatoms. The Balaban J connectivity index is 3.26. The first-order valence-corrected chi connectivity index (χ1v) is 20.4. The molecule has 0 bridgehead atoms. The Hall–Kier alpha value is -0.360. The van der Waals surface area contributed by atoms with Gasteiger partial charge in [-0.3, -0.25) is 9.59 Å². The lowest BCUT2D eigenvalue weighted by atomic mass is 10.0. The number of carbonyl (C=O) groups excluding carboxylic acids is 2. The Morgan fingerprint density at radius 1 is 0.333 bits per heavy atom. The van der Waals surface area contributed by atoms with E-state index in [-0.39, 0.29) is 11.9 Å². The van der Waals surface area contributed by atoms with E-state index in [0.29, 0.717) is 12.8 Å². The van der Waals surface area contributed by atoms with Crippen LogP contribution in [0.4, 0.5) is 0 Å². The molecule has 0 radical (unpaired) electrons. The maximum Gasteiger partial charge on any atom is 0.318 e. The summed E-state index contributed by atoms with van der Waals surface area (Å²) in [5, 5.41) is 0. The third kappa shape index (κ3) is 35.8. The Bertz CT molecular complexity index is 511. The topological polar surface area (TPSA) is 52.6 Å². The third-order valence-electron chi connectivity index (χ3n) is 8.25. The Morgan fingerprint density at radius 3 is 0.738 bits per heavy atom. The number of rotatable bonds is 35. The predicted molar refractivity (Wildman–Crippen MR) is 186 cm³/mol. The average Bonchev–Trinajstić information content (AvgIpc) is 2.99. The van der Waals surface area contributed by atoms with E-state index in [1.54, 1.807) is 0 Å². The van der Waals surface area contributed by atoms with E-state index in [1.807, 2.05) is 0 Å². The lowest BCUT2D eigenvalue weighted by Crippen LogP contribution is -2.00. The zero-order chi connectivity index (χ0) is 30.6. The van der Waals surface area contributed by atoms with Crippen LogP contribution < -0.4 is 0 Å². The molecule has 0 unspecified atom stereocenters. The number of hydrogen-bond acceptors (Lipinski definition) is 6. The molecule has 0 heterocycles. The van der Waals surface area contributed by atoms with Crippen LogP contribution in [0, 0.1) is 0 Å². The van der Waals surface area contributed by atoms with Crippen LogP contribution in [-0.4, -0.2) is 11.9 Å². The molecule has 0 aliphatic rings. The van der Waals surface area contributed by atoms with Crippen molar-refractivity contribution in [3.63, 3.8) is 0 Å². The van der Waals surface area contributed by atoms with Crippen molar-refractivity contribution in [1.82, 2.24) is 0 Å². The summed E-state index contributed by atoms with van der Waals surface area (Å²) in [7, 11) is 0. The van der Waals surface area contributed by atoms with Crippen molar-refractivity contribution in [2.75, 3.05) is 0 Å². The highest BCUT2D eigenvalue weighted by Crippen LogP contribution is 2.25. The molecule has 4 nitrogen and oxygen atoms in total. The van der Waals surface area contributed by atoms with Gasteiger partial charge in [0, 0.05) is 12.8 Å². The fraction of sp³-hybridized carbons (Fsp3) is 0.944. The molecule has 0 saturated carbocycles. The minimum absolute atomic E-state index is 0.222. The molecule has 250 valence electrons. The van der Waals surface area contributed by atoms with E-state index in [0.717, 1.165) is 47.8 Å². The van der Waals surface area contributed by atoms with E-state index in [9.17, 15) is 9.59 Å². The minimum Gasteiger partial charge on any atom is -0.376 e. The molecular formula is C36H70O4S2. The summed E-state index contributed by atoms with van der Waals surface area (Å²) < 4.78 is 10.2. The molecule has 0 amide bonds. The number of carbonyl (C=O) groups is 2. The van der Waals surface area contributed by atoms with Crippen LogP contribution in [0.3, 0.4) is 0 Å². The summed E-state index contributed by atoms with van der Waals surface area (Å²) in [5.74, 6) is -0.443. The molecule has 0 rings (SSSR count). The van der Waals surface area contributed by atoms with Crippen molar-refractivity contribution in [3.8, 4) is 0 Å². The SMILES string of the molecule is CCCCCCCCCCCCCCCCCC(=O)OSSOC(=O)CCCCCCCCCCCCCCCCC. The second-order valence-corrected chi connectivity index (χ2v) is 13.9. The van der Waals surface area contributed by atoms with Gasteiger partial charge in [-0.1, -0.05) is 194 Å². The zero-order valence-corrected chi connectivity index (χ0v) is 29.7. The monoisotopic (exact) mass is 630 g/mol. The van der Waals surface area contributed by atoms with Gasteiger partial charge in [-0.15, -0.1) is 0 Å². The largest absolute Gasteiger partial charge is 0.376 e. The van der Waals surface area contributed by atoms with Crippen LogP contribution in [0.1, 0.15) is 219 Å². The third-order valence-corrected chi connectivity index (χ3v) is 9.39. The fourth-order valence-electron chi connectivity index (χ4n) is 5.47. The fourth-order valence-corrected chi connectivity index (χ4v) is 6.46. The Kier molecular flexibility index (Phi) is 36.5. The Labute approximate surface area is 270 Å². The van der Waals surface area contributed by atoms with E-state index < -0.39 is 0 Å². The standard InChI is InChI=1S/C36H70O4S2/c1-3-5-7-9-11-13-15-17-19-21-23-25-27-29-31-33-35(37)39-41-42-40-36(38)34-32-30-28-26-24-22-20-18-16-14-12-10-8-6-4-2/h3-34H2,1-2H3. The van der Waals surface area contributed by atoms with Gasteiger partial charge >= 0.3 is 11.9 Å². The molecule has 0 N–H and O–H groups in total. The molecule has 0 aromatic heterocycles. The molecule has 0 spiro atoms. The van der Waals surface area contributed by atoms with E-state index in [1.165, 1.54) is 167 Å². The van der Waals surface area contributed by atoms with Crippen LogP contribution in [0.15, 0.2) is 0 Å². The molecule has 0 saturated heterocycles. The molecule has 0 aromatic rings. The van der Waals surface area contributed by atoms with Gasteiger partial charge in [-0.05, 0) is 12.8 Å². The second-order valence-electron chi connectivity index (χ2n) is 12.4. The quantitative estimate of drug-likeness (QED) is 0.0394. The van der Waals surface area contributed by atoms with Crippen LogP contribution in [0.2, 0.25) is 0 Å². The maximum atomic E-state index is 11.9. The van der Waals surface area contributed by atoms with Gasteiger partial charge < -0.3 is 8.37 Å². The second kappa shape index (κ2) is 36.8. The van der Waals surface area contributed by atoms with E-state index in [4.69, 9.17) is 8.37 Å². The van der Waals surface area contributed by atoms with Crippen LogP contribution in [0.25, 0.3) is 0 Å². The van der Waals surface area contributed by atoms with Crippen molar-refractivity contribution < 1.29 is 18.0 Å². The molecule has 0 aliphatic carbocycles. The Morgan fingerprint density at radius 2 is 0.524 bits per heavy atom. The van der Waals surface area contributed by atoms with Crippen LogP contribution in [-0.2, 0) is 18.0 Å². The smallest absolute Gasteiger partial charge is 0.318 e. The van der Waals surface area contributed by atoms with Gasteiger partial charge in [0.25, 0.3) is 0 Å². The van der Waals surface area contributed by atoms with Crippen molar-refractivity contribution >= 4 is 34.1 Å². The first-order valence-electron chi connectivity index (χ1n) is 18.4. The highest BCUT2D eigenvalue weighted by molar-refractivity contribution is 8.73. The summed E-state index contributed by atoms with van der Waals surface area (Å²) in [6, 6.07) is 0. The number of unbranched alkanes of at least 4 members (excludes halogenated alkanes) is 28. The van der Waals surface area contributed by atoms with Crippen molar-refractivity contribution in [1.29, 1.82) is 0 Å². The lowest BCUT2D eigenvalue weighted by molar-refractivity contribution is -0.134. The van der Waals surface area contributed by atoms with Gasteiger partial charge in [-0.2, -0.15) is 0 Å². The summed E-state index contributed by atoms with van der Waals surface area (Å²) in [4.78, 5) is 23.7. The average molecular weight is 631 g/mol. The molecule has 0 aliphatic heterocycles. The van der Waals surface area contributed by atoms with Gasteiger partial charge in [0.05, 0.1) is 0 Å². The van der Waals surface area contributed by atoms with Crippen molar-refractivity contribution in [2.45, 2.75) is 219 Å². The van der Waals surface area contributed by atoms with Crippen LogP contribution >= 0.6 is 22.1 Å². The van der Waals surface area contributed by atoms with Gasteiger partial charge in [0.2, 0.25) is 0 Å². The van der Waals surface area contributed by atoms with Crippen molar-refractivity contribution in [3.05, 3.63) is 0 Å². The zero-order valence-electron chi connectivity index (χ0n) is 28.1. The molecule has 0 aromatic carbocycles. The summed E-state index contributed by atoms with van der Waals surface area (Å²) in [6.45, 7) is 4.55. The highest BCUT2D eigenvalue weighted by atomic mass is 33.1. The van der Waals surface area contributed by atoms with E-state index in [2.05, 4.69) is 13.8 Å². The van der Waals surface area contributed by atoms with Crippen LogP contribution in [0.5, 0.6) is 0 Å². The minimum atomic E-state index is -0.222. The van der Waals surface area contributed by atoms with Gasteiger partial charge in [0.15, 0.2) is 22.1 Å². The van der Waals surface area contributed by atoms with Gasteiger partial charge in [0.1, 0.15) is 0 Å². The predicted octanol–water partition coefficient (Wildman–Crippen LogP) is 13.8. The highest BCUT2D eigenvalue weighted by Gasteiger charge is 2.08. The number of hydrogen-bond donors (Lipinski definition) is 0. The first-order chi connectivity index (χ1) is 20.7. The lowest BCUT2D eigenvalue weighted by Gasteiger charge is -2.04. The van der Waals surface area contributed by atoms with Crippen molar-refractivity contribution in [2.24, 2.45) is 0 Å². The van der Waals surface area contributed by atoms with E-state index >= 15 is 0 Å². The van der Waals surface area contributed by atoms with Gasteiger partial charge in [-0.25, -0.2) is 0 Å². The summed E-state index contributed by atoms with van der Waals surface area (Å²) in [5.41, 5.74) is 0. The summed E-state index contributed by atoms with van der Waals surface area (Å²) in [6.07, 6.45) is 40.2.